The minimum Gasteiger partial charge on any atom is -0.449 e. The standard InChI is InChI=1S/C18H17N3O4/c1-11(2)20-15-8-5-13(19)10-16(15)25-17(18(20)22)9-12-3-6-14(7-4-12)21(23)24/h3-11H,19H2,1-2H3/b17-9+. The summed E-state index contributed by atoms with van der Waals surface area (Å²) in [6.07, 6.45) is 1.56. The summed E-state index contributed by atoms with van der Waals surface area (Å²) < 4.78 is 5.74. The number of nitro benzene ring substituents is 1. The smallest absolute Gasteiger partial charge is 0.294 e. The van der Waals surface area contributed by atoms with E-state index in [9.17, 15) is 14.9 Å². The van der Waals surface area contributed by atoms with E-state index in [0.29, 0.717) is 22.7 Å². The predicted molar refractivity (Wildman–Crippen MR) is 95.2 cm³/mol. The molecule has 0 unspecified atom stereocenters. The summed E-state index contributed by atoms with van der Waals surface area (Å²) in [5.74, 6) is 0.368. The molecule has 3 rings (SSSR count). The molecule has 1 heterocycles. The number of fused-ring (bicyclic) bond motifs is 1. The van der Waals surface area contributed by atoms with Crippen LogP contribution in [0.25, 0.3) is 6.08 Å². The van der Waals surface area contributed by atoms with Gasteiger partial charge in [0.05, 0.1) is 10.6 Å². The zero-order valence-electron chi connectivity index (χ0n) is 13.8. The number of non-ortho nitro benzene ring substituents is 1. The fourth-order valence-electron chi connectivity index (χ4n) is 2.65. The molecule has 25 heavy (non-hydrogen) atoms. The first-order valence-corrected chi connectivity index (χ1v) is 7.74. The minimum absolute atomic E-state index is 0.0139. The van der Waals surface area contributed by atoms with E-state index in [1.807, 2.05) is 13.8 Å². The number of nitrogens with zero attached hydrogens (tertiary/aromatic N) is 2. The van der Waals surface area contributed by atoms with Gasteiger partial charge in [-0.05, 0) is 49.8 Å². The average Bonchev–Trinajstić information content (AvgIpc) is 2.56. The maximum absolute atomic E-state index is 12.8. The van der Waals surface area contributed by atoms with E-state index in [2.05, 4.69) is 0 Å². The lowest BCUT2D eigenvalue weighted by atomic mass is 10.1. The van der Waals surface area contributed by atoms with Crippen LogP contribution in [0.2, 0.25) is 0 Å². The third kappa shape index (κ3) is 3.16. The Labute approximate surface area is 144 Å². The predicted octanol–water partition coefficient (Wildman–Crippen LogP) is 3.35. The molecule has 0 saturated carbocycles. The molecule has 7 nitrogen and oxygen atoms in total. The highest BCUT2D eigenvalue weighted by molar-refractivity contribution is 6.10. The molecule has 2 aromatic carbocycles. The van der Waals surface area contributed by atoms with E-state index < -0.39 is 4.92 Å². The number of nitrogens with two attached hydrogens (primary N) is 1. The molecular weight excluding hydrogens is 322 g/mol. The van der Waals surface area contributed by atoms with E-state index in [0.717, 1.165) is 0 Å². The number of ether oxygens (including phenoxy) is 1. The normalized spacial score (nSPS) is 15.2. The number of amides is 1. The molecule has 0 aromatic heterocycles. The molecule has 0 radical (unpaired) electrons. The molecule has 0 fully saturated rings. The van der Waals surface area contributed by atoms with Crippen molar-refractivity contribution in [3.63, 3.8) is 0 Å². The number of carbonyl (C=O) groups is 1. The van der Waals surface area contributed by atoms with Crippen molar-refractivity contribution >= 4 is 29.0 Å². The SMILES string of the molecule is CC(C)N1C(=O)/C(=C\c2ccc([N+](=O)[O-])cc2)Oc2cc(N)ccc21. The van der Waals surface area contributed by atoms with Crippen LogP contribution in [0.4, 0.5) is 17.1 Å². The Balaban J connectivity index is 2.02. The van der Waals surface area contributed by atoms with E-state index in [1.165, 1.54) is 12.1 Å². The van der Waals surface area contributed by atoms with Crippen molar-refractivity contribution in [2.75, 3.05) is 10.6 Å². The monoisotopic (exact) mass is 339 g/mol. The molecule has 0 saturated heterocycles. The quantitative estimate of drug-likeness (QED) is 0.400. The Kier molecular flexibility index (Phi) is 4.14. The zero-order valence-corrected chi connectivity index (χ0v) is 13.8. The molecule has 1 amide bonds. The lowest BCUT2D eigenvalue weighted by molar-refractivity contribution is -0.384. The van der Waals surface area contributed by atoms with Gasteiger partial charge in [0.15, 0.2) is 11.5 Å². The third-order valence-electron chi connectivity index (χ3n) is 3.81. The largest absolute Gasteiger partial charge is 0.449 e. The van der Waals surface area contributed by atoms with Crippen molar-refractivity contribution in [3.8, 4) is 5.75 Å². The van der Waals surface area contributed by atoms with E-state index in [-0.39, 0.29) is 23.4 Å². The fourth-order valence-corrected chi connectivity index (χ4v) is 2.65. The highest BCUT2D eigenvalue weighted by Gasteiger charge is 2.32. The van der Waals surface area contributed by atoms with Crippen LogP contribution >= 0.6 is 0 Å². The first-order valence-electron chi connectivity index (χ1n) is 7.74. The Morgan fingerprint density at radius 2 is 1.88 bits per heavy atom. The van der Waals surface area contributed by atoms with E-state index >= 15 is 0 Å². The van der Waals surface area contributed by atoms with Gasteiger partial charge in [-0.2, -0.15) is 0 Å². The molecule has 0 aliphatic carbocycles. The number of benzene rings is 2. The summed E-state index contributed by atoms with van der Waals surface area (Å²) in [7, 11) is 0. The topological polar surface area (TPSA) is 98.7 Å². The van der Waals surface area contributed by atoms with E-state index in [1.54, 1.807) is 41.3 Å². The number of nitrogen functional groups attached to an aromatic ring is 1. The second-order valence-electron chi connectivity index (χ2n) is 5.96. The molecule has 1 aliphatic heterocycles. The second-order valence-corrected chi connectivity index (χ2v) is 5.96. The molecule has 1 aliphatic rings. The summed E-state index contributed by atoms with van der Waals surface area (Å²) in [4.78, 5) is 24.7. The molecule has 2 N–H and O–H groups in total. The van der Waals surface area contributed by atoms with Gasteiger partial charge in [-0.1, -0.05) is 0 Å². The van der Waals surface area contributed by atoms with Crippen molar-refractivity contribution in [3.05, 3.63) is 63.9 Å². The van der Waals surface area contributed by atoms with Crippen molar-refractivity contribution in [1.29, 1.82) is 0 Å². The van der Waals surface area contributed by atoms with Gasteiger partial charge in [0.1, 0.15) is 0 Å². The van der Waals surface area contributed by atoms with Crippen LogP contribution in [-0.4, -0.2) is 16.9 Å². The van der Waals surface area contributed by atoms with Crippen LogP contribution in [0.15, 0.2) is 48.2 Å². The van der Waals surface area contributed by atoms with Gasteiger partial charge in [0.25, 0.3) is 11.6 Å². The maximum Gasteiger partial charge on any atom is 0.294 e. The van der Waals surface area contributed by atoms with Gasteiger partial charge < -0.3 is 10.5 Å². The fraction of sp³-hybridized carbons (Fsp3) is 0.167. The molecule has 0 spiro atoms. The Morgan fingerprint density at radius 3 is 2.48 bits per heavy atom. The minimum atomic E-state index is -0.474. The summed E-state index contributed by atoms with van der Waals surface area (Å²) in [5.41, 5.74) is 7.63. The second kappa shape index (κ2) is 6.27. The van der Waals surface area contributed by atoms with Gasteiger partial charge in [-0.25, -0.2) is 0 Å². The van der Waals surface area contributed by atoms with Crippen molar-refractivity contribution in [2.24, 2.45) is 0 Å². The van der Waals surface area contributed by atoms with Gasteiger partial charge in [-0.15, -0.1) is 0 Å². The first-order chi connectivity index (χ1) is 11.9. The number of anilines is 2. The zero-order chi connectivity index (χ0) is 18.1. The molecule has 0 bridgehead atoms. The van der Waals surface area contributed by atoms with Gasteiger partial charge in [-0.3, -0.25) is 19.8 Å². The number of nitro groups is 1. The Bertz CT molecular complexity index is 872. The number of rotatable bonds is 3. The van der Waals surface area contributed by atoms with Gasteiger partial charge in [0.2, 0.25) is 0 Å². The average molecular weight is 339 g/mol. The molecule has 128 valence electrons. The van der Waals surface area contributed by atoms with Crippen LogP contribution in [0, 0.1) is 10.1 Å². The summed E-state index contributed by atoms with van der Waals surface area (Å²) in [6.45, 7) is 3.82. The van der Waals surface area contributed by atoms with Crippen LogP contribution in [0.1, 0.15) is 19.4 Å². The molecule has 0 atom stereocenters. The number of carbonyl (C=O) groups excluding carboxylic acids is 1. The Hall–Kier alpha value is -3.35. The third-order valence-corrected chi connectivity index (χ3v) is 3.81. The highest BCUT2D eigenvalue weighted by Crippen LogP contribution is 2.38. The van der Waals surface area contributed by atoms with Crippen molar-refractivity contribution < 1.29 is 14.5 Å². The molecular formula is C18H17N3O4. The summed E-state index contributed by atoms with van der Waals surface area (Å²) >= 11 is 0. The van der Waals surface area contributed by atoms with Gasteiger partial charge in [0, 0.05) is 29.9 Å². The van der Waals surface area contributed by atoms with E-state index in [4.69, 9.17) is 10.5 Å². The lowest BCUT2D eigenvalue weighted by Gasteiger charge is -2.33. The first kappa shape index (κ1) is 16.5. The molecule has 2 aromatic rings. The van der Waals surface area contributed by atoms with Crippen molar-refractivity contribution in [2.45, 2.75) is 19.9 Å². The van der Waals surface area contributed by atoms with Crippen LogP contribution in [0.3, 0.4) is 0 Å². The highest BCUT2D eigenvalue weighted by atomic mass is 16.6. The maximum atomic E-state index is 12.8. The van der Waals surface area contributed by atoms with Crippen LogP contribution < -0.4 is 15.4 Å². The number of hydrogen-bond donors (Lipinski definition) is 1. The van der Waals surface area contributed by atoms with Crippen molar-refractivity contribution in [1.82, 2.24) is 0 Å². The van der Waals surface area contributed by atoms with Crippen LogP contribution in [-0.2, 0) is 4.79 Å². The number of hydrogen-bond acceptors (Lipinski definition) is 5. The lowest BCUT2D eigenvalue weighted by Crippen LogP contribution is -2.42. The van der Waals surface area contributed by atoms with Gasteiger partial charge >= 0.3 is 0 Å². The summed E-state index contributed by atoms with van der Waals surface area (Å²) in [5, 5.41) is 10.7. The van der Waals surface area contributed by atoms with Crippen LogP contribution in [0.5, 0.6) is 5.75 Å². The molecule has 7 heteroatoms. The Morgan fingerprint density at radius 1 is 1.20 bits per heavy atom. The summed E-state index contributed by atoms with van der Waals surface area (Å²) in [6, 6.07) is 11.0.